The van der Waals surface area contributed by atoms with Crippen LogP contribution in [-0.2, 0) is 14.8 Å². The van der Waals surface area contributed by atoms with Gasteiger partial charge in [0.1, 0.15) is 5.75 Å². The quantitative estimate of drug-likeness (QED) is 0.731. The van der Waals surface area contributed by atoms with Gasteiger partial charge in [0.2, 0.25) is 10.0 Å². The van der Waals surface area contributed by atoms with Crippen LogP contribution in [0.5, 0.6) is 5.75 Å². The molecule has 1 aliphatic heterocycles. The van der Waals surface area contributed by atoms with E-state index in [1.807, 2.05) is 13.0 Å². The first-order valence-electron chi connectivity index (χ1n) is 9.83. The first-order valence-corrected chi connectivity index (χ1v) is 11.3. The number of hydrogen-bond donors (Lipinski definition) is 0. The van der Waals surface area contributed by atoms with Crippen molar-refractivity contribution in [2.75, 3.05) is 26.2 Å². The third kappa shape index (κ3) is 4.99. The smallest absolute Gasteiger partial charge is 0.263 e. The van der Waals surface area contributed by atoms with Gasteiger partial charge in [-0.2, -0.15) is 9.57 Å². The Labute approximate surface area is 177 Å². The van der Waals surface area contributed by atoms with E-state index in [-0.39, 0.29) is 17.3 Å². The number of nitrogens with zero attached hydrogens (tertiary/aromatic N) is 3. The van der Waals surface area contributed by atoms with E-state index in [2.05, 4.69) is 0 Å². The fourth-order valence-electron chi connectivity index (χ4n) is 3.33. The summed E-state index contributed by atoms with van der Waals surface area (Å²) in [4.78, 5) is 14.7. The largest absolute Gasteiger partial charge is 0.481 e. The van der Waals surface area contributed by atoms with Crippen molar-refractivity contribution < 1.29 is 17.9 Å². The molecule has 0 N–H and O–H groups in total. The highest BCUT2D eigenvalue weighted by Gasteiger charge is 2.30. The van der Waals surface area contributed by atoms with Crippen LogP contribution >= 0.6 is 0 Å². The molecule has 0 aliphatic carbocycles. The zero-order chi connectivity index (χ0) is 21.7. The maximum Gasteiger partial charge on any atom is 0.263 e. The van der Waals surface area contributed by atoms with Gasteiger partial charge in [0.15, 0.2) is 6.10 Å². The Morgan fingerprint density at radius 3 is 2.33 bits per heavy atom. The SMILES string of the molecule is Cc1ccc(S(=O)(=O)N2CCCN(C(=O)C(C)Oc3ccc(C#N)cc3)CC2)cc1. The Kier molecular flexibility index (Phi) is 6.75. The van der Waals surface area contributed by atoms with Crippen molar-refractivity contribution in [3.63, 3.8) is 0 Å². The standard InChI is InChI=1S/C22H25N3O4S/c1-17-4-10-21(11-5-17)30(27,28)25-13-3-12-24(14-15-25)22(26)18(2)29-20-8-6-19(16-23)7-9-20/h4-11,18H,3,12-15H2,1-2H3. The molecule has 2 aromatic rings. The van der Waals surface area contributed by atoms with Crippen LogP contribution in [0, 0.1) is 18.3 Å². The number of amides is 1. The molecule has 0 aromatic heterocycles. The van der Waals surface area contributed by atoms with E-state index in [4.69, 9.17) is 10.00 Å². The van der Waals surface area contributed by atoms with Gasteiger partial charge in [-0.25, -0.2) is 8.42 Å². The lowest BCUT2D eigenvalue weighted by atomic mass is 10.2. The Hall–Kier alpha value is -2.89. The number of carbonyl (C=O) groups excluding carboxylic acids is 1. The molecule has 1 aliphatic rings. The highest BCUT2D eigenvalue weighted by Crippen LogP contribution is 2.19. The first kappa shape index (κ1) is 21.8. The van der Waals surface area contributed by atoms with Crippen LogP contribution in [-0.4, -0.2) is 55.8 Å². The van der Waals surface area contributed by atoms with E-state index >= 15 is 0 Å². The minimum absolute atomic E-state index is 0.186. The van der Waals surface area contributed by atoms with Crippen molar-refractivity contribution in [2.24, 2.45) is 0 Å². The molecular formula is C22H25N3O4S. The zero-order valence-corrected chi connectivity index (χ0v) is 17.9. The maximum absolute atomic E-state index is 12.9. The highest BCUT2D eigenvalue weighted by molar-refractivity contribution is 7.89. The van der Waals surface area contributed by atoms with Gasteiger partial charge in [0.05, 0.1) is 16.5 Å². The first-order chi connectivity index (χ1) is 14.3. The summed E-state index contributed by atoms with van der Waals surface area (Å²) >= 11 is 0. The van der Waals surface area contributed by atoms with Gasteiger partial charge in [-0.1, -0.05) is 17.7 Å². The Balaban J connectivity index is 1.63. The summed E-state index contributed by atoms with van der Waals surface area (Å²) in [5, 5.41) is 8.86. The topological polar surface area (TPSA) is 90.7 Å². The lowest BCUT2D eigenvalue weighted by Gasteiger charge is -2.25. The molecule has 1 amide bonds. The molecule has 7 nitrogen and oxygen atoms in total. The zero-order valence-electron chi connectivity index (χ0n) is 17.1. The number of carbonyl (C=O) groups is 1. The summed E-state index contributed by atoms with van der Waals surface area (Å²) in [6.45, 7) is 4.97. The summed E-state index contributed by atoms with van der Waals surface area (Å²) in [5.41, 5.74) is 1.52. The highest BCUT2D eigenvalue weighted by atomic mass is 32.2. The van der Waals surface area contributed by atoms with Crippen LogP contribution in [0.15, 0.2) is 53.4 Å². The third-order valence-corrected chi connectivity index (χ3v) is 6.98. The molecule has 3 rings (SSSR count). The molecule has 0 radical (unpaired) electrons. The minimum Gasteiger partial charge on any atom is -0.481 e. The monoisotopic (exact) mass is 427 g/mol. The number of benzene rings is 2. The third-order valence-electron chi connectivity index (χ3n) is 5.07. The summed E-state index contributed by atoms with van der Waals surface area (Å²) in [7, 11) is -3.59. The van der Waals surface area contributed by atoms with Crippen LogP contribution in [0.3, 0.4) is 0 Å². The lowest BCUT2D eigenvalue weighted by Crippen LogP contribution is -2.43. The van der Waals surface area contributed by atoms with Gasteiger partial charge < -0.3 is 9.64 Å². The second-order valence-corrected chi connectivity index (χ2v) is 9.23. The van der Waals surface area contributed by atoms with Gasteiger partial charge in [-0.05, 0) is 56.7 Å². The molecule has 1 fully saturated rings. The predicted molar refractivity (Wildman–Crippen MR) is 112 cm³/mol. The van der Waals surface area contributed by atoms with Crippen molar-refractivity contribution in [2.45, 2.75) is 31.3 Å². The van der Waals surface area contributed by atoms with Crippen LogP contribution in [0.4, 0.5) is 0 Å². The number of hydrogen-bond acceptors (Lipinski definition) is 5. The van der Waals surface area contributed by atoms with Crippen LogP contribution < -0.4 is 4.74 Å². The predicted octanol–water partition coefficient (Wildman–Crippen LogP) is 2.56. The summed E-state index contributed by atoms with van der Waals surface area (Å²) in [5.74, 6) is 0.321. The normalized spacial score (nSPS) is 16.4. The van der Waals surface area contributed by atoms with E-state index in [0.29, 0.717) is 37.4 Å². The van der Waals surface area contributed by atoms with E-state index < -0.39 is 16.1 Å². The van der Waals surface area contributed by atoms with Gasteiger partial charge in [-0.3, -0.25) is 4.79 Å². The van der Waals surface area contributed by atoms with Crippen molar-refractivity contribution in [3.8, 4) is 11.8 Å². The minimum atomic E-state index is -3.59. The van der Waals surface area contributed by atoms with Gasteiger partial charge >= 0.3 is 0 Å². The van der Waals surface area contributed by atoms with Crippen LogP contribution in [0.2, 0.25) is 0 Å². The fraction of sp³-hybridized carbons (Fsp3) is 0.364. The molecule has 1 saturated heterocycles. The number of sulfonamides is 1. The molecule has 1 unspecified atom stereocenters. The second-order valence-electron chi connectivity index (χ2n) is 7.29. The van der Waals surface area contributed by atoms with E-state index in [0.717, 1.165) is 5.56 Å². The van der Waals surface area contributed by atoms with E-state index in [1.165, 1.54) is 4.31 Å². The van der Waals surface area contributed by atoms with Gasteiger partial charge in [-0.15, -0.1) is 0 Å². The Morgan fingerprint density at radius 1 is 1.03 bits per heavy atom. The molecule has 8 heteroatoms. The molecule has 1 heterocycles. The Bertz CT molecular complexity index is 1030. The van der Waals surface area contributed by atoms with E-state index in [9.17, 15) is 13.2 Å². The van der Waals surface area contributed by atoms with Crippen molar-refractivity contribution >= 4 is 15.9 Å². The fourth-order valence-corrected chi connectivity index (χ4v) is 4.80. The summed E-state index contributed by atoms with van der Waals surface area (Å²) in [6.07, 6.45) is -0.154. The van der Waals surface area contributed by atoms with Gasteiger partial charge in [0.25, 0.3) is 5.91 Å². The van der Waals surface area contributed by atoms with Crippen molar-refractivity contribution in [1.82, 2.24) is 9.21 Å². The van der Waals surface area contributed by atoms with Gasteiger partial charge in [0, 0.05) is 26.2 Å². The number of nitriles is 1. The number of aryl methyl sites for hydroxylation is 1. The molecule has 1 atom stereocenters. The lowest BCUT2D eigenvalue weighted by molar-refractivity contribution is -0.137. The molecule has 2 aromatic carbocycles. The molecule has 0 spiro atoms. The van der Waals surface area contributed by atoms with Crippen molar-refractivity contribution in [1.29, 1.82) is 5.26 Å². The number of ether oxygens (including phenoxy) is 1. The van der Waals surface area contributed by atoms with Crippen molar-refractivity contribution in [3.05, 3.63) is 59.7 Å². The average molecular weight is 428 g/mol. The van der Waals surface area contributed by atoms with E-state index in [1.54, 1.807) is 60.4 Å². The molecule has 0 saturated carbocycles. The second kappa shape index (κ2) is 9.28. The maximum atomic E-state index is 12.9. The summed E-state index contributed by atoms with van der Waals surface area (Å²) < 4.78 is 33.0. The molecule has 0 bridgehead atoms. The van der Waals surface area contributed by atoms with Crippen LogP contribution in [0.1, 0.15) is 24.5 Å². The summed E-state index contributed by atoms with van der Waals surface area (Å²) in [6, 6.07) is 15.4. The number of rotatable bonds is 5. The van der Waals surface area contributed by atoms with Crippen LogP contribution in [0.25, 0.3) is 0 Å². The molecule has 30 heavy (non-hydrogen) atoms. The molecular weight excluding hydrogens is 402 g/mol. The average Bonchev–Trinajstić information content (AvgIpc) is 3.01. The Morgan fingerprint density at radius 2 is 1.70 bits per heavy atom. The molecule has 158 valence electrons.